The zero-order valence-corrected chi connectivity index (χ0v) is 24.3. The summed E-state index contributed by atoms with van der Waals surface area (Å²) in [4.78, 5) is 47.1. The van der Waals surface area contributed by atoms with E-state index < -0.39 is 59.0 Å². The highest BCUT2D eigenvalue weighted by molar-refractivity contribution is 5.96. The molecule has 0 spiro atoms. The standard InChI is InChI=1S/C18H14F6N2O2.C11H19NO4/c19-17(20,21)12-6-4-11(5-7-12)8-15(25-10-27)16(28)26-14-3-1-2-13(9-14)18(22,23)24;1-7-5-8(9(13)14)6-12(7)10(15)16-11(2,3)4/h1-7,9-10,15H,8H2,(H,25,27)(H,26,28);7-8H,5-6H2,1-4H3,(H,13,14). The summed E-state index contributed by atoms with van der Waals surface area (Å²) < 4.78 is 81.2. The summed E-state index contributed by atoms with van der Waals surface area (Å²) >= 11 is 0. The Kier molecular flexibility index (Phi) is 11.8. The van der Waals surface area contributed by atoms with Gasteiger partial charge in [0.05, 0.1) is 17.0 Å². The number of hydrogen-bond acceptors (Lipinski definition) is 5. The number of hydrogen-bond donors (Lipinski definition) is 3. The Labute approximate surface area is 249 Å². The smallest absolute Gasteiger partial charge is 0.416 e. The third kappa shape index (κ3) is 11.1. The molecule has 0 saturated carbocycles. The van der Waals surface area contributed by atoms with Crippen LogP contribution in [0.15, 0.2) is 48.5 Å². The molecule has 1 saturated heterocycles. The fourth-order valence-corrected chi connectivity index (χ4v) is 4.16. The number of likely N-dealkylation sites (tertiary alicyclic amines) is 1. The van der Waals surface area contributed by atoms with E-state index in [0.717, 1.165) is 42.5 Å². The van der Waals surface area contributed by atoms with Crippen LogP contribution in [-0.4, -0.2) is 58.6 Å². The number of carboxylic acid groups (broad SMARTS) is 1. The highest BCUT2D eigenvalue weighted by Crippen LogP contribution is 2.31. The average Bonchev–Trinajstić information content (AvgIpc) is 3.29. The van der Waals surface area contributed by atoms with Gasteiger partial charge in [0, 0.05) is 24.7 Å². The second-order valence-corrected chi connectivity index (χ2v) is 11.1. The molecule has 0 radical (unpaired) electrons. The molecule has 0 aromatic heterocycles. The van der Waals surface area contributed by atoms with E-state index in [0.29, 0.717) is 12.0 Å². The van der Waals surface area contributed by atoms with E-state index in [1.165, 1.54) is 11.0 Å². The quantitative estimate of drug-likeness (QED) is 0.264. The van der Waals surface area contributed by atoms with E-state index in [1.54, 1.807) is 20.8 Å². The lowest BCUT2D eigenvalue weighted by molar-refractivity contribution is -0.141. The fourth-order valence-electron chi connectivity index (χ4n) is 4.16. The molecule has 3 amide bonds. The van der Waals surface area contributed by atoms with Crippen molar-refractivity contribution in [1.82, 2.24) is 10.2 Å². The molecule has 3 N–H and O–H groups in total. The van der Waals surface area contributed by atoms with Crippen molar-refractivity contribution in [3.8, 4) is 0 Å². The van der Waals surface area contributed by atoms with Gasteiger partial charge in [0.15, 0.2) is 0 Å². The van der Waals surface area contributed by atoms with Gasteiger partial charge < -0.3 is 25.4 Å². The van der Waals surface area contributed by atoms with E-state index in [4.69, 9.17) is 9.84 Å². The number of halogens is 6. The molecule has 9 nitrogen and oxygen atoms in total. The molecule has 1 fully saturated rings. The van der Waals surface area contributed by atoms with Crippen LogP contribution in [0, 0.1) is 5.92 Å². The van der Waals surface area contributed by atoms with Crippen molar-refractivity contribution in [2.24, 2.45) is 5.92 Å². The van der Waals surface area contributed by atoms with Gasteiger partial charge in [-0.15, -0.1) is 0 Å². The number of aliphatic carboxylic acids is 1. The molecule has 15 heteroatoms. The van der Waals surface area contributed by atoms with Gasteiger partial charge in [-0.25, -0.2) is 4.79 Å². The van der Waals surface area contributed by atoms with Crippen molar-refractivity contribution in [1.29, 1.82) is 0 Å². The number of carboxylic acids is 1. The number of benzene rings is 2. The zero-order valence-electron chi connectivity index (χ0n) is 24.3. The van der Waals surface area contributed by atoms with Crippen molar-refractivity contribution < 1.29 is 55.4 Å². The van der Waals surface area contributed by atoms with Gasteiger partial charge in [-0.3, -0.25) is 14.4 Å². The van der Waals surface area contributed by atoms with E-state index in [9.17, 15) is 45.5 Å². The van der Waals surface area contributed by atoms with Gasteiger partial charge >= 0.3 is 24.4 Å². The van der Waals surface area contributed by atoms with E-state index in [2.05, 4.69) is 10.6 Å². The first-order chi connectivity index (χ1) is 20.2. The highest BCUT2D eigenvalue weighted by Gasteiger charge is 2.38. The number of nitrogens with one attached hydrogen (secondary N) is 2. The minimum Gasteiger partial charge on any atom is -0.481 e. The Morgan fingerprint density at radius 1 is 1.00 bits per heavy atom. The normalized spacial score (nSPS) is 17.5. The summed E-state index contributed by atoms with van der Waals surface area (Å²) in [6.07, 6.45) is -8.97. The number of alkyl halides is 6. The largest absolute Gasteiger partial charge is 0.481 e. The monoisotopic (exact) mass is 633 g/mol. The summed E-state index contributed by atoms with van der Waals surface area (Å²) in [6.45, 7) is 7.46. The van der Waals surface area contributed by atoms with Gasteiger partial charge in [-0.05, 0) is 70.0 Å². The van der Waals surface area contributed by atoms with Crippen molar-refractivity contribution in [3.63, 3.8) is 0 Å². The molecule has 2 aromatic carbocycles. The first kappa shape index (κ1) is 35.9. The number of rotatable bonds is 7. The molecule has 2 aromatic rings. The Hall–Kier alpha value is -4.30. The van der Waals surface area contributed by atoms with Gasteiger partial charge in [0.2, 0.25) is 12.3 Å². The Morgan fingerprint density at radius 3 is 2.07 bits per heavy atom. The molecule has 1 aliphatic heterocycles. The second-order valence-electron chi connectivity index (χ2n) is 11.1. The van der Waals surface area contributed by atoms with Crippen molar-refractivity contribution >= 4 is 30.1 Å². The van der Waals surface area contributed by atoms with Gasteiger partial charge in [0.25, 0.3) is 0 Å². The third-order valence-corrected chi connectivity index (χ3v) is 6.32. The van der Waals surface area contributed by atoms with Crippen LogP contribution in [-0.2, 0) is 37.9 Å². The molecular formula is C29H33F6N3O6. The molecule has 3 unspecified atom stereocenters. The predicted molar refractivity (Wildman–Crippen MR) is 146 cm³/mol. The van der Waals surface area contributed by atoms with Crippen LogP contribution >= 0.6 is 0 Å². The predicted octanol–water partition coefficient (Wildman–Crippen LogP) is 5.74. The lowest BCUT2D eigenvalue weighted by Crippen LogP contribution is -2.41. The van der Waals surface area contributed by atoms with Crippen LogP contribution in [0.5, 0.6) is 0 Å². The van der Waals surface area contributed by atoms with Crippen molar-refractivity contribution in [2.75, 3.05) is 11.9 Å². The molecule has 0 aliphatic carbocycles. The first-order valence-electron chi connectivity index (χ1n) is 13.3. The molecule has 1 heterocycles. The zero-order chi connectivity index (χ0) is 33.5. The Balaban J connectivity index is 0.000000358. The van der Waals surface area contributed by atoms with Crippen molar-refractivity contribution in [3.05, 3.63) is 65.2 Å². The molecule has 44 heavy (non-hydrogen) atoms. The third-order valence-electron chi connectivity index (χ3n) is 6.32. The molecular weight excluding hydrogens is 600 g/mol. The molecule has 0 bridgehead atoms. The average molecular weight is 634 g/mol. The SMILES string of the molecule is CC1CC(C(=O)O)CN1C(=O)OC(C)(C)C.O=CNC(Cc1ccc(C(F)(F)F)cc1)C(=O)Nc1cccc(C(F)(F)F)c1. The molecule has 3 rings (SSSR count). The number of ether oxygens (including phenoxy) is 1. The minimum atomic E-state index is -4.60. The van der Waals surface area contributed by atoms with E-state index in [-0.39, 0.29) is 31.1 Å². The van der Waals surface area contributed by atoms with Crippen molar-refractivity contribution in [2.45, 2.75) is 70.6 Å². The van der Waals surface area contributed by atoms with Crippen LogP contribution in [0.3, 0.4) is 0 Å². The minimum absolute atomic E-state index is 0.0732. The number of amides is 3. The second kappa shape index (κ2) is 14.4. The Bertz CT molecular complexity index is 1310. The molecule has 1 aliphatic rings. The lowest BCUT2D eigenvalue weighted by atomic mass is 10.0. The topological polar surface area (TPSA) is 125 Å². The van der Waals surface area contributed by atoms with Crippen LogP contribution in [0.1, 0.15) is 50.8 Å². The number of nitrogens with zero attached hydrogens (tertiary/aromatic N) is 1. The van der Waals surface area contributed by atoms with Gasteiger partial charge in [-0.2, -0.15) is 26.3 Å². The maximum Gasteiger partial charge on any atom is 0.416 e. The van der Waals surface area contributed by atoms with E-state index >= 15 is 0 Å². The summed E-state index contributed by atoms with van der Waals surface area (Å²) in [5.41, 5.74) is -2.19. The molecule has 242 valence electrons. The summed E-state index contributed by atoms with van der Waals surface area (Å²) in [6, 6.07) is 6.61. The van der Waals surface area contributed by atoms with Gasteiger partial charge in [0.1, 0.15) is 11.6 Å². The van der Waals surface area contributed by atoms with Crippen LogP contribution < -0.4 is 10.6 Å². The maximum absolute atomic E-state index is 12.7. The van der Waals surface area contributed by atoms with E-state index in [1.807, 2.05) is 6.92 Å². The highest BCUT2D eigenvalue weighted by atomic mass is 19.4. The Morgan fingerprint density at radius 2 is 1.59 bits per heavy atom. The van der Waals surface area contributed by atoms with Crippen LogP contribution in [0.4, 0.5) is 36.8 Å². The number of anilines is 1. The fraction of sp³-hybridized carbons (Fsp3) is 0.448. The summed E-state index contributed by atoms with van der Waals surface area (Å²) in [5.74, 6) is -2.13. The number of carbonyl (C=O) groups is 4. The van der Waals surface area contributed by atoms with Crippen LogP contribution in [0.2, 0.25) is 0 Å². The maximum atomic E-state index is 12.7. The summed E-state index contributed by atoms with van der Waals surface area (Å²) in [7, 11) is 0. The van der Waals surface area contributed by atoms with Gasteiger partial charge in [-0.1, -0.05) is 18.2 Å². The number of carbonyl (C=O) groups excluding carboxylic acids is 3. The molecule has 3 atom stereocenters. The van der Waals surface area contributed by atoms with Crippen LogP contribution in [0.25, 0.3) is 0 Å². The summed E-state index contributed by atoms with van der Waals surface area (Å²) in [5, 5.41) is 13.3. The first-order valence-corrected chi connectivity index (χ1v) is 13.3. The lowest BCUT2D eigenvalue weighted by Gasteiger charge is -2.26.